The lowest BCUT2D eigenvalue weighted by Crippen LogP contribution is -1.99. The zero-order valence-corrected chi connectivity index (χ0v) is 64.7. The van der Waals surface area contributed by atoms with Crippen LogP contribution in [0.3, 0.4) is 0 Å². The molecule has 0 aromatic heterocycles. The number of halogens is 1. The second-order valence-corrected chi connectivity index (χ2v) is 29.3. The molecule has 4 nitrogen and oxygen atoms in total. The first-order valence-electron chi connectivity index (χ1n) is 38.8. The number of benzene rings is 12. The smallest absolute Gasteiger partial charge is 0.0387 e. The molecule has 0 saturated carbocycles. The molecule has 0 fully saturated rings. The molecular weight excluding hydrogens is 1330 g/mol. The first kappa shape index (κ1) is 76.9. The van der Waals surface area contributed by atoms with Gasteiger partial charge in [0, 0.05) is 38.6 Å². The Labute approximate surface area is 633 Å². The Morgan fingerprint density at radius 2 is 0.490 bits per heavy atom. The lowest BCUT2D eigenvalue weighted by Gasteiger charge is -2.19. The molecule has 0 spiro atoms. The maximum absolute atomic E-state index is 5.98. The molecule has 0 aliphatic carbocycles. The normalized spacial score (nSPS) is 11.0. The first-order chi connectivity index (χ1) is 50.9. The molecule has 12 aromatic carbocycles. The number of aryl methyl sites for hydroxylation is 7. The van der Waals surface area contributed by atoms with E-state index in [9.17, 15) is 0 Å². The van der Waals surface area contributed by atoms with Gasteiger partial charge in [-0.05, 0) is 274 Å². The fourth-order valence-electron chi connectivity index (χ4n) is 14.3. The van der Waals surface area contributed by atoms with Gasteiger partial charge in [0.15, 0.2) is 0 Å². The van der Waals surface area contributed by atoms with Crippen molar-refractivity contribution in [3.8, 4) is 77.9 Å². The van der Waals surface area contributed by atoms with Crippen molar-refractivity contribution in [1.82, 2.24) is 0 Å². The predicted molar refractivity (Wildman–Crippen MR) is 459 cm³/mol. The largest absolute Gasteiger partial charge is 0.399 e. The second-order valence-electron chi connectivity index (χ2n) is 28.3. The number of rotatable bonds is 31. The lowest BCUT2D eigenvalue weighted by atomic mass is 9.87. The maximum Gasteiger partial charge on any atom is 0.0387 e. The summed E-state index contributed by atoms with van der Waals surface area (Å²) >= 11 is 3.47. The van der Waals surface area contributed by atoms with Crippen molar-refractivity contribution in [3.63, 3.8) is 0 Å². The van der Waals surface area contributed by atoms with Gasteiger partial charge in [0.1, 0.15) is 0 Å². The van der Waals surface area contributed by atoms with Crippen LogP contribution >= 0.6 is 15.9 Å². The minimum atomic E-state index is 0.816. The van der Waals surface area contributed by atoms with Gasteiger partial charge in [-0.25, -0.2) is 0 Å². The molecule has 0 saturated heterocycles. The van der Waals surface area contributed by atoms with Crippen molar-refractivity contribution in [2.24, 2.45) is 0 Å². The summed E-state index contributed by atoms with van der Waals surface area (Å²) in [6, 6.07) is 96.4. The van der Waals surface area contributed by atoms with E-state index in [0.29, 0.717) is 0 Å². The molecular formula is C99H111BrN4. The zero-order valence-electron chi connectivity index (χ0n) is 63.1. The standard InChI is InChI=1S/C56H60N2.C30H40N2.C13H11Br/c1-5-7-9-13-23-47-39-56(46-27-31-50(32-28-46)58-52-34-36-54(42(4)38-52)44-21-17-12-18-22-44)48(24-14-10-8-6-2)40-55(47)45-25-29-49(30-26-45)57-51-33-35-53(41(3)37-51)43-19-15-11-16-20-43;1-3-5-7-9-11-25-21-30(24-15-19-28(32)20-16-24)26(12-10-8-6-4-2)22-29(25)23-13-17-27(31)18-14-23;1-10-9-12(14)7-8-13(10)11-5-3-2-4-6-11/h11-12,15-22,25-40,57-58H,5-10,13-14,23-24H2,1-4H3;13-22H,3-12,31-32H2,1-2H3;2-9H,1H3. The lowest BCUT2D eigenvalue weighted by molar-refractivity contribution is 0.664. The van der Waals surface area contributed by atoms with Crippen LogP contribution < -0.4 is 22.1 Å². The van der Waals surface area contributed by atoms with Crippen LogP contribution in [0.25, 0.3) is 77.9 Å². The quantitative estimate of drug-likeness (QED) is 0.0258. The minimum absolute atomic E-state index is 0.816. The minimum Gasteiger partial charge on any atom is -0.399 e. The number of unbranched alkanes of at least 4 members (excludes halogenated alkanes) is 12. The fourth-order valence-corrected chi connectivity index (χ4v) is 14.8. The molecule has 12 aromatic rings. The number of nitrogens with two attached hydrogens (primary N) is 2. The van der Waals surface area contributed by atoms with Crippen LogP contribution in [-0.2, 0) is 25.7 Å². The van der Waals surface area contributed by atoms with Gasteiger partial charge in [-0.15, -0.1) is 0 Å². The molecule has 6 N–H and O–H groups in total. The highest BCUT2D eigenvalue weighted by Crippen LogP contribution is 2.39. The Balaban J connectivity index is 0.000000209. The second kappa shape index (κ2) is 40.4. The summed E-state index contributed by atoms with van der Waals surface area (Å²) in [7, 11) is 0. The summed E-state index contributed by atoms with van der Waals surface area (Å²) in [5.74, 6) is 0. The molecule has 104 heavy (non-hydrogen) atoms. The third-order valence-corrected chi connectivity index (χ3v) is 20.7. The van der Waals surface area contributed by atoms with Crippen molar-refractivity contribution < 1.29 is 0 Å². The Morgan fingerprint density at radius 1 is 0.240 bits per heavy atom. The highest BCUT2D eigenvalue weighted by molar-refractivity contribution is 9.10. The van der Waals surface area contributed by atoms with E-state index in [1.807, 2.05) is 30.3 Å². The molecule has 0 aliphatic heterocycles. The van der Waals surface area contributed by atoms with E-state index in [-0.39, 0.29) is 0 Å². The molecule has 534 valence electrons. The summed E-state index contributed by atoms with van der Waals surface area (Å²) in [6.45, 7) is 15.7. The average Bonchev–Trinajstić information content (AvgIpc) is 0.801. The van der Waals surface area contributed by atoms with Crippen molar-refractivity contribution in [1.29, 1.82) is 0 Å². The molecule has 0 bridgehead atoms. The number of nitrogens with one attached hydrogen (secondary N) is 2. The summed E-state index contributed by atoms with van der Waals surface area (Å²) in [4.78, 5) is 0. The van der Waals surface area contributed by atoms with E-state index in [0.717, 1.165) is 64.3 Å². The maximum atomic E-state index is 5.98. The van der Waals surface area contributed by atoms with Gasteiger partial charge < -0.3 is 22.1 Å². The molecule has 5 heteroatoms. The summed E-state index contributed by atoms with van der Waals surface area (Å²) in [5.41, 5.74) is 45.9. The van der Waals surface area contributed by atoms with Crippen LogP contribution in [0.5, 0.6) is 0 Å². The van der Waals surface area contributed by atoms with E-state index in [2.05, 4.69) is 312 Å². The fraction of sp³-hybridized carbons (Fsp3) is 0.273. The predicted octanol–water partition coefficient (Wildman–Crippen LogP) is 29.6. The van der Waals surface area contributed by atoms with Crippen LogP contribution in [-0.4, -0.2) is 0 Å². The highest BCUT2D eigenvalue weighted by atomic mass is 79.9. The third kappa shape index (κ3) is 22.4. The first-order valence-corrected chi connectivity index (χ1v) is 39.6. The van der Waals surface area contributed by atoms with Crippen LogP contribution in [0.2, 0.25) is 0 Å². The van der Waals surface area contributed by atoms with Gasteiger partial charge in [-0.1, -0.05) is 303 Å². The number of hydrogen-bond donors (Lipinski definition) is 4. The molecule has 0 heterocycles. The van der Waals surface area contributed by atoms with Gasteiger partial charge in [-0.2, -0.15) is 0 Å². The van der Waals surface area contributed by atoms with Crippen LogP contribution in [0, 0.1) is 20.8 Å². The monoisotopic (exact) mass is 1430 g/mol. The number of nitrogen functional groups attached to an aromatic ring is 2. The van der Waals surface area contributed by atoms with E-state index in [1.165, 1.54) is 220 Å². The van der Waals surface area contributed by atoms with Gasteiger partial charge >= 0.3 is 0 Å². The van der Waals surface area contributed by atoms with Crippen molar-refractivity contribution in [2.45, 2.75) is 177 Å². The molecule has 0 radical (unpaired) electrons. The molecule has 12 rings (SSSR count). The van der Waals surface area contributed by atoms with E-state index in [1.54, 1.807) is 0 Å². The number of anilines is 6. The molecule has 0 amide bonds. The van der Waals surface area contributed by atoms with Gasteiger partial charge in [0.05, 0.1) is 0 Å². The van der Waals surface area contributed by atoms with Gasteiger partial charge in [0.2, 0.25) is 0 Å². The number of hydrogen-bond acceptors (Lipinski definition) is 4. The van der Waals surface area contributed by atoms with Crippen LogP contribution in [0.1, 0.15) is 169 Å². The van der Waals surface area contributed by atoms with Crippen LogP contribution in [0.4, 0.5) is 34.1 Å². The SMILES string of the molecule is CCCCCCc1cc(-c2ccc(N)cc2)c(CCCCCC)cc1-c1ccc(N)cc1.CCCCCCc1cc(-c2ccc(Nc3ccc(-c4ccccc4)c(C)c3)cc2)c(CCCCCC)cc1-c1ccc(Nc2ccc(-c3ccccc3)c(C)c2)cc1.Cc1cc(Br)ccc1-c1ccccc1. The molecule has 0 unspecified atom stereocenters. The van der Waals surface area contributed by atoms with E-state index in [4.69, 9.17) is 11.5 Å². The average molecular weight is 1440 g/mol. The summed E-state index contributed by atoms with van der Waals surface area (Å²) in [5, 5.41) is 7.35. The molecule has 0 atom stereocenters. The Kier molecular flexibility index (Phi) is 29.9. The van der Waals surface area contributed by atoms with E-state index >= 15 is 0 Å². The topological polar surface area (TPSA) is 76.1 Å². The van der Waals surface area contributed by atoms with Crippen molar-refractivity contribution in [2.75, 3.05) is 22.1 Å². The Bertz CT molecular complexity index is 4310. The molecule has 0 aliphatic rings. The van der Waals surface area contributed by atoms with Crippen molar-refractivity contribution >= 4 is 50.1 Å². The summed E-state index contributed by atoms with van der Waals surface area (Å²) < 4.78 is 1.13. The van der Waals surface area contributed by atoms with Crippen molar-refractivity contribution in [3.05, 3.63) is 310 Å². The van der Waals surface area contributed by atoms with Gasteiger partial charge in [-0.3, -0.25) is 0 Å². The Morgan fingerprint density at radius 3 is 0.760 bits per heavy atom. The van der Waals surface area contributed by atoms with Crippen LogP contribution in [0.15, 0.2) is 271 Å². The third-order valence-electron chi connectivity index (χ3n) is 20.2. The van der Waals surface area contributed by atoms with E-state index < -0.39 is 0 Å². The highest BCUT2D eigenvalue weighted by Gasteiger charge is 2.17. The Hall–Kier alpha value is -9.68. The van der Waals surface area contributed by atoms with Gasteiger partial charge in [0.25, 0.3) is 0 Å². The zero-order chi connectivity index (χ0) is 72.8. The summed E-state index contributed by atoms with van der Waals surface area (Å²) in [6.07, 6.45) is 24.6.